The number of primary amides is 1. The molecule has 2 aromatic carbocycles. The fourth-order valence-electron chi connectivity index (χ4n) is 1.80. The number of nitrogens with zero attached hydrogens (tertiary/aromatic N) is 1. The highest BCUT2D eigenvalue weighted by atomic mass is 32.1. The number of thiol groups is 1. The Kier molecular flexibility index (Phi) is 6.64. The van der Waals surface area contributed by atoms with Crippen LogP contribution in [0, 0.1) is 11.8 Å². The van der Waals surface area contributed by atoms with E-state index in [1.54, 1.807) is 36.5 Å². The van der Waals surface area contributed by atoms with E-state index in [2.05, 4.69) is 29.5 Å². The van der Waals surface area contributed by atoms with Gasteiger partial charge in [0.15, 0.2) is 0 Å². The van der Waals surface area contributed by atoms with Crippen molar-refractivity contribution in [2.75, 3.05) is 0 Å². The second-order valence-electron chi connectivity index (χ2n) is 4.96. The number of carbonyl (C=O) groups excluding carboxylic acids is 1. The number of benzene rings is 2. The Labute approximate surface area is 151 Å². The lowest BCUT2D eigenvalue weighted by Crippen LogP contribution is -2.11. The molecule has 0 radical (unpaired) electrons. The summed E-state index contributed by atoms with van der Waals surface area (Å²) in [5.41, 5.74) is 6.74. The molecule has 3 aromatic rings. The van der Waals surface area contributed by atoms with Crippen LogP contribution in [0.2, 0.25) is 0 Å². The molecule has 0 unspecified atom stereocenters. The highest BCUT2D eigenvalue weighted by Crippen LogP contribution is 2.10. The minimum Gasteiger partial charge on any atom is -0.508 e. The molecule has 0 aliphatic heterocycles. The summed E-state index contributed by atoms with van der Waals surface area (Å²) in [6.07, 6.45) is 2.93. The van der Waals surface area contributed by atoms with E-state index < -0.39 is 5.91 Å². The van der Waals surface area contributed by atoms with Crippen LogP contribution >= 0.6 is 12.6 Å². The van der Waals surface area contributed by atoms with Crippen molar-refractivity contribution < 1.29 is 9.90 Å². The van der Waals surface area contributed by atoms with Gasteiger partial charge in [-0.25, -0.2) is 0 Å². The maximum atomic E-state index is 11.0. The highest BCUT2D eigenvalue weighted by Gasteiger charge is 2.00. The van der Waals surface area contributed by atoms with Gasteiger partial charge in [-0.2, -0.15) is 0 Å². The molecule has 0 spiro atoms. The molecule has 4 nitrogen and oxygen atoms in total. The Morgan fingerprint density at radius 1 is 0.960 bits per heavy atom. The first-order valence-corrected chi connectivity index (χ1v) is 7.79. The lowest BCUT2D eigenvalue weighted by atomic mass is 10.1. The van der Waals surface area contributed by atoms with Crippen molar-refractivity contribution >= 4 is 18.5 Å². The van der Waals surface area contributed by atoms with Gasteiger partial charge in [0, 0.05) is 28.4 Å². The number of aromatic nitrogens is 1. The van der Waals surface area contributed by atoms with Crippen molar-refractivity contribution in [2.24, 2.45) is 5.73 Å². The van der Waals surface area contributed by atoms with Crippen LogP contribution in [-0.2, 0) is 0 Å². The number of pyridine rings is 1. The second kappa shape index (κ2) is 9.16. The Morgan fingerprint density at radius 2 is 1.68 bits per heavy atom. The third-order valence-electron chi connectivity index (χ3n) is 2.98. The monoisotopic (exact) mass is 348 g/mol. The van der Waals surface area contributed by atoms with Gasteiger partial charge in [0.2, 0.25) is 5.91 Å². The Bertz CT molecular complexity index is 915. The minimum atomic E-state index is -0.538. The van der Waals surface area contributed by atoms with Crippen molar-refractivity contribution in [3.63, 3.8) is 0 Å². The molecular weight excluding hydrogens is 332 g/mol. The fraction of sp³-hybridized carbons (Fsp3) is 0. The average molecular weight is 348 g/mol. The van der Waals surface area contributed by atoms with Gasteiger partial charge >= 0.3 is 0 Å². The molecule has 1 amide bonds. The van der Waals surface area contributed by atoms with E-state index in [0.29, 0.717) is 16.7 Å². The number of rotatable bonds is 1. The Balaban J connectivity index is 0.000000269. The zero-order valence-corrected chi connectivity index (χ0v) is 14.1. The number of hydrogen-bond acceptors (Lipinski definition) is 4. The van der Waals surface area contributed by atoms with Crippen LogP contribution in [0.3, 0.4) is 0 Å². The van der Waals surface area contributed by atoms with Crippen molar-refractivity contribution in [1.29, 1.82) is 0 Å². The summed E-state index contributed by atoms with van der Waals surface area (Å²) in [5.74, 6) is 5.34. The summed E-state index contributed by atoms with van der Waals surface area (Å²) in [7, 11) is 0. The molecule has 5 heteroatoms. The Hall–Kier alpha value is -3.23. The van der Waals surface area contributed by atoms with Crippen LogP contribution in [0.4, 0.5) is 0 Å². The van der Waals surface area contributed by atoms with E-state index in [1.165, 1.54) is 6.20 Å². The maximum absolute atomic E-state index is 11.0. The standard InChI is InChI=1S/C14H10N2O2.C6H6S/c15-14(18)12-6-11(8-16-9-12)5-4-10-2-1-3-13(17)7-10;7-6-4-2-1-3-5-6/h1-3,6-9,17H,(H2,15,18);1-5,7H. The Morgan fingerprint density at radius 3 is 2.28 bits per heavy atom. The van der Waals surface area contributed by atoms with Crippen LogP contribution in [0.15, 0.2) is 78.0 Å². The molecule has 1 aromatic heterocycles. The molecule has 3 N–H and O–H groups in total. The van der Waals surface area contributed by atoms with Gasteiger partial charge in [-0.15, -0.1) is 12.6 Å². The summed E-state index contributed by atoms with van der Waals surface area (Å²) in [4.78, 5) is 15.9. The van der Waals surface area contributed by atoms with Crippen LogP contribution in [0.25, 0.3) is 0 Å². The predicted molar refractivity (Wildman–Crippen MR) is 101 cm³/mol. The lowest BCUT2D eigenvalue weighted by Gasteiger charge is -1.95. The predicted octanol–water partition coefficient (Wildman–Crippen LogP) is 3.26. The van der Waals surface area contributed by atoms with Gasteiger partial charge in [-0.05, 0) is 36.4 Å². The van der Waals surface area contributed by atoms with Crippen LogP contribution in [0.5, 0.6) is 5.75 Å². The molecule has 0 atom stereocenters. The number of carbonyl (C=O) groups is 1. The van der Waals surface area contributed by atoms with Crippen molar-refractivity contribution in [1.82, 2.24) is 4.98 Å². The van der Waals surface area contributed by atoms with E-state index in [0.717, 1.165) is 4.90 Å². The number of nitrogens with two attached hydrogens (primary N) is 1. The van der Waals surface area contributed by atoms with Gasteiger partial charge in [0.1, 0.15) is 5.75 Å². The van der Waals surface area contributed by atoms with E-state index >= 15 is 0 Å². The maximum Gasteiger partial charge on any atom is 0.250 e. The molecule has 25 heavy (non-hydrogen) atoms. The topological polar surface area (TPSA) is 76.2 Å². The molecule has 124 valence electrons. The number of aromatic hydroxyl groups is 1. The summed E-state index contributed by atoms with van der Waals surface area (Å²) in [5, 5.41) is 9.29. The molecule has 0 bridgehead atoms. The normalized spacial score (nSPS) is 9.16. The third-order valence-corrected chi connectivity index (χ3v) is 3.27. The summed E-state index contributed by atoms with van der Waals surface area (Å²) >= 11 is 4.08. The molecule has 0 saturated heterocycles. The summed E-state index contributed by atoms with van der Waals surface area (Å²) < 4.78 is 0. The van der Waals surface area contributed by atoms with Gasteiger partial charge < -0.3 is 10.8 Å². The van der Waals surface area contributed by atoms with E-state index in [-0.39, 0.29) is 5.75 Å². The zero-order chi connectivity index (χ0) is 18.1. The number of hydrogen-bond donors (Lipinski definition) is 3. The first-order chi connectivity index (χ1) is 12.0. The molecule has 3 rings (SSSR count). The molecule has 1 heterocycles. The van der Waals surface area contributed by atoms with Gasteiger partial charge in [-0.3, -0.25) is 9.78 Å². The lowest BCUT2D eigenvalue weighted by molar-refractivity contribution is 0.1000. The quantitative estimate of drug-likeness (QED) is 0.467. The largest absolute Gasteiger partial charge is 0.508 e. The van der Waals surface area contributed by atoms with E-state index in [9.17, 15) is 9.90 Å². The van der Waals surface area contributed by atoms with Crippen molar-refractivity contribution in [2.45, 2.75) is 4.90 Å². The third kappa shape index (κ3) is 6.42. The smallest absolute Gasteiger partial charge is 0.250 e. The number of amides is 1. The molecular formula is C20H16N2O2S. The minimum absolute atomic E-state index is 0.158. The molecule has 0 saturated carbocycles. The number of phenolic OH excluding ortho intramolecular Hbond substituents is 1. The SMILES string of the molecule is NC(=O)c1cncc(C#Cc2cccc(O)c2)c1.Sc1ccccc1. The molecule has 0 fully saturated rings. The molecule has 0 aliphatic carbocycles. The van der Waals surface area contributed by atoms with Crippen LogP contribution in [-0.4, -0.2) is 16.0 Å². The second-order valence-corrected chi connectivity index (χ2v) is 5.48. The van der Waals surface area contributed by atoms with Gasteiger partial charge in [-0.1, -0.05) is 36.1 Å². The van der Waals surface area contributed by atoms with Crippen LogP contribution < -0.4 is 5.73 Å². The molecule has 0 aliphatic rings. The zero-order valence-electron chi connectivity index (χ0n) is 13.3. The highest BCUT2D eigenvalue weighted by molar-refractivity contribution is 7.80. The first kappa shape index (κ1) is 18.1. The van der Waals surface area contributed by atoms with Gasteiger partial charge in [0.05, 0.1) is 5.56 Å². The van der Waals surface area contributed by atoms with Crippen molar-refractivity contribution in [3.05, 3.63) is 89.7 Å². The van der Waals surface area contributed by atoms with E-state index in [4.69, 9.17) is 5.73 Å². The van der Waals surface area contributed by atoms with Crippen LogP contribution in [0.1, 0.15) is 21.5 Å². The fourth-order valence-corrected chi connectivity index (χ4v) is 1.97. The van der Waals surface area contributed by atoms with E-state index in [1.807, 2.05) is 30.3 Å². The summed E-state index contributed by atoms with van der Waals surface area (Å²) in [6.45, 7) is 0. The first-order valence-electron chi connectivity index (χ1n) is 7.34. The summed E-state index contributed by atoms with van der Waals surface area (Å²) in [6, 6.07) is 18.0. The number of phenols is 1. The van der Waals surface area contributed by atoms with Gasteiger partial charge in [0.25, 0.3) is 0 Å². The van der Waals surface area contributed by atoms with Crippen molar-refractivity contribution in [3.8, 4) is 17.6 Å². The average Bonchev–Trinajstić information content (AvgIpc) is 2.61.